The summed E-state index contributed by atoms with van der Waals surface area (Å²) in [5, 5.41) is 17.4. The first-order valence-electron chi connectivity index (χ1n) is 7.01. The van der Waals surface area contributed by atoms with Gasteiger partial charge < -0.3 is 15.4 Å². The number of nitrogens with one attached hydrogen (secondary N) is 2. The number of hydrogen-bond donors (Lipinski definition) is 2. The molecule has 0 radical (unpaired) electrons. The smallest absolute Gasteiger partial charge is 0.273 e. The summed E-state index contributed by atoms with van der Waals surface area (Å²) in [7, 11) is 0. The number of ether oxygens (including phenoxy) is 1. The third kappa shape index (κ3) is 3.60. The number of non-ortho nitro benzene ring substituents is 1. The number of benzene rings is 1. The average Bonchev–Trinajstić information content (AvgIpc) is 2.92. The monoisotopic (exact) mass is 279 g/mol. The molecular weight excluding hydrogens is 258 g/mol. The van der Waals surface area contributed by atoms with E-state index in [1.165, 1.54) is 0 Å². The van der Waals surface area contributed by atoms with Crippen LogP contribution in [0.3, 0.4) is 0 Å². The van der Waals surface area contributed by atoms with E-state index in [1.807, 2.05) is 19.9 Å². The molecule has 2 atom stereocenters. The van der Waals surface area contributed by atoms with E-state index < -0.39 is 0 Å². The second kappa shape index (κ2) is 6.56. The predicted molar refractivity (Wildman–Crippen MR) is 79.3 cm³/mol. The lowest BCUT2D eigenvalue weighted by molar-refractivity contribution is -0.384. The molecule has 1 aromatic carbocycles. The fraction of sp³-hybridized carbons (Fsp3) is 0.571. The third-order valence-corrected chi connectivity index (χ3v) is 3.43. The highest BCUT2D eigenvalue weighted by Crippen LogP contribution is 2.26. The zero-order valence-corrected chi connectivity index (χ0v) is 11.9. The van der Waals surface area contributed by atoms with Crippen LogP contribution in [0.1, 0.15) is 26.7 Å². The molecule has 1 fully saturated rings. The lowest BCUT2D eigenvalue weighted by Crippen LogP contribution is -2.30. The molecule has 0 amide bonds. The number of rotatable bonds is 6. The molecule has 1 heterocycles. The topological polar surface area (TPSA) is 76.4 Å². The fourth-order valence-electron chi connectivity index (χ4n) is 2.46. The van der Waals surface area contributed by atoms with Gasteiger partial charge in [0.05, 0.1) is 11.0 Å². The molecule has 1 aliphatic heterocycles. The lowest BCUT2D eigenvalue weighted by atomic mass is 10.1. The molecule has 1 saturated heterocycles. The number of nitro groups is 1. The summed E-state index contributed by atoms with van der Waals surface area (Å²) >= 11 is 0. The zero-order valence-electron chi connectivity index (χ0n) is 11.9. The van der Waals surface area contributed by atoms with E-state index >= 15 is 0 Å². The van der Waals surface area contributed by atoms with Gasteiger partial charge in [0.15, 0.2) is 0 Å². The van der Waals surface area contributed by atoms with Crippen molar-refractivity contribution in [1.82, 2.24) is 0 Å². The number of hydrogen-bond acceptors (Lipinski definition) is 5. The molecule has 6 nitrogen and oxygen atoms in total. The maximum Gasteiger partial charge on any atom is 0.273 e. The van der Waals surface area contributed by atoms with Crippen molar-refractivity contribution in [3.63, 3.8) is 0 Å². The van der Waals surface area contributed by atoms with Gasteiger partial charge in [0.25, 0.3) is 5.69 Å². The van der Waals surface area contributed by atoms with E-state index in [-0.39, 0.29) is 22.8 Å². The van der Waals surface area contributed by atoms with Crippen LogP contribution >= 0.6 is 0 Å². The van der Waals surface area contributed by atoms with Gasteiger partial charge in [0.1, 0.15) is 0 Å². The van der Waals surface area contributed by atoms with Crippen LogP contribution in [-0.4, -0.2) is 30.2 Å². The summed E-state index contributed by atoms with van der Waals surface area (Å²) in [4.78, 5) is 10.6. The van der Waals surface area contributed by atoms with Gasteiger partial charge in [-0.3, -0.25) is 10.1 Å². The van der Waals surface area contributed by atoms with E-state index in [2.05, 4.69) is 10.6 Å². The predicted octanol–water partition coefficient (Wildman–Crippen LogP) is 3.01. The van der Waals surface area contributed by atoms with Crippen molar-refractivity contribution in [2.75, 3.05) is 23.8 Å². The average molecular weight is 279 g/mol. The quantitative estimate of drug-likeness (QED) is 0.618. The molecule has 1 aliphatic rings. The Morgan fingerprint density at radius 3 is 2.80 bits per heavy atom. The minimum atomic E-state index is -0.372. The Bertz CT molecular complexity index is 473. The van der Waals surface area contributed by atoms with E-state index in [0.717, 1.165) is 37.4 Å². The SMILES string of the molecule is CCNc1cc(NC(C)C2CCCO2)cc([N+](=O)[O-])c1. The summed E-state index contributed by atoms with van der Waals surface area (Å²) in [5.41, 5.74) is 1.59. The maximum absolute atomic E-state index is 11.0. The first-order valence-corrected chi connectivity index (χ1v) is 7.01. The number of anilines is 2. The van der Waals surface area contributed by atoms with Gasteiger partial charge in [0, 0.05) is 42.7 Å². The Morgan fingerprint density at radius 1 is 1.45 bits per heavy atom. The summed E-state index contributed by atoms with van der Waals surface area (Å²) in [6, 6.07) is 5.13. The standard InChI is InChI=1S/C14H21N3O3/c1-3-15-11-7-12(9-13(8-11)17(18)19)16-10(2)14-5-4-6-20-14/h7-10,14-16H,3-6H2,1-2H3. The van der Waals surface area contributed by atoms with Crippen LogP contribution in [0.15, 0.2) is 18.2 Å². The molecule has 2 unspecified atom stereocenters. The summed E-state index contributed by atoms with van der Waals surface area (Å²) in [6.45, 7) is 5.53. The van der Waals surface area contributed by atoms with Crippen LogP contribution in [0.5, 0.6) is 0 Å². The van der Waals surface area contributed by atoms with Crippen LogP contribution in [0.25, 0.3) is 0 Å². The van der Waals surface area contributed by atoms with Gasteiger partial charge in [0.2, 0.25) is 0 Å². The molecule has 0 spiro atoms. The molecule has 2 N–H and O–H groups in total. The highest BCUT2D eigenvalue weighted by atomic mass is 16.6. The van der Waals surface area contributed by atoms with E-state index in [1.54, 1.807) is 12.1 Å². The highest BCUT2D eigenvalue weighted by molar-refractivity contribution is 5.63. The van der Waals surface area contributed by atoms with Crippen LogP contribution < -0.4 is 10.6 Å². The minimum absolute atomic E-state index is 0.0884. The minimum Gasteiger partial charge on any atom is -0.385 e. The van der Waals surface area contributed by atoms with Gasteiger partial charge in [-0.2, -0.15) is 0 Å². The Balaban J connectivity index is 2.14. The largest absolute Gasteiger partial charge is 0.385 e. The van der Waals surface area contributed by atoms with E-state index in [0.29, 0.717) is 0 Å². The van der Waals surface area contributed by atoms with Crippen molar-refractivity contribution in [3.8, 4) is 0 Å². The molecule has 2 rings (SSSR count). The van der Waals surface area contributed by atoms with E-state index in [9.17, 15) is 10.1 Å². The number of nitrogens with zero attached hydrogens (tertiary/aromatic N) is 1. The summed E-state index contributed by atoms with van der Waals surface area (Å²) in [6.07, 6.45) is 2.29. The molecule has 0 aromatic heterocycles. The molecule has 6 heteroatoms. The third-order valence-electron chi connectivity index (χ3n) is 3.43. The van der Waals surface area contributed by atoms with Crippen molar-refractivity contribution >= 4 is 17.1 Å². The van der Waals surface area contributed by atoms with E-state index in [4.69, 9.17) is 4.74 Å². The molecule has 110 valence electrons. The van der Waals surface area contributed by atoms with Crippen molar-refractivity contribution in [2.45, 2.75) is 38.8 Å². The molecular formula is C14H21N3O3. The Kier molecular flexibility index (Phi) is 4.79. The maximum atomic E-state index is 11.0. The first-order chi connectivity index (χ1) is 9.60. The van der Waals surface area contributed by atoms with Crippen molar-refractivity contribution in [3.05, 3.63) is 28.3 Å². The summed E-state index contributed by atoms with van der Waals surface area (Å²) < 4.78 is 5.63. The Labute approximate surface area is 118 Å². The van der Waals surface area contributed by atoms with Crippen LogP contribution in [0, 0.1) is 10.1 Å². The molecule has 0 aliphatic carbocycles. The highest BCUT2D eigenvalue weighted by Gasteiger charge is 2.22. The second-order valence-corrected chi connectivity index (χ2v) is 5.04. The Hall–Kier alpha value is -1.82. The van der Waals surface area contributed by atoms with Crippen molar-refractivity contribution < 1.29 is 9.66 Å². The molecule has 20 heavy (non-hydrogen) atoms. The van der Waals surface area contributed by atoms with Crippen LogP contribution in [0.2, 0.25) is 0 Å². The normalized spacial score (nSPS) is 19.6. The zero-order chi connectivity index (χ0) is 14.5. The van der Waals surface area contributed by atoms with Crippen molar-refractivity contribution in [1.29, 1.82) is 0 Å². The molecule has 1 aromatic rings. The summed E-state index contributed by atoms with van der Waals surface area (Å²) in [5.74, 6) is 0. The van der Waals surface area contributed by atoms with Gasteiger partial charge in [-0.25, -0.2) is 0 Å². The van der Waals surface area contributed by atoms with Crippen LogP contribution in [0.4, 0.5) is 17.1 Å². The Morgan fingerprint density at radius 2 is 2.20 bits per heavy atom. The first kappa shape index (κ1) is 14.6. The van der Waals surface area contributed by atoms with Gasteiger partial charge in [-0.15, -0.1) is 0 Å². The molecule has 0 saturated carbocycles. The van der Waals surface area contributed by atoms with Gasteiger partial charge in [-0.05, 0) is 32.8 Å². The second-order valence-electron chi connectivity index (χ2n) is 5.04. The van der Waals surface area contributed by atoms with Gasteiger partial charge in [-0.1, -0.05) is 0 Å². The fourth-order valence-corrected chi connectivity index (χ4v) is 2.46. The van der Waals surface area contributed by atoms with Crippen molar-refractivity contribution in [2.24, 2.45) is 0 Å². The molecule has 0 bridgehead atoms. The van der Waals surface area contributed by atoms with Crippen LogP contribution in [-0.2, 0) is 4.74 Å². The van der Waals surface area contributed by atoms with Gasteiger partial charge >= 0.3 is 0 Å². The number of nitro benzene ring substituents is 1. The lowest BCUT2D eigenvalue weighted by Gasteiger charge is -2.21.